The first-order valence-corrected chi connectivity index (χ1v) is 8.19. The quantitative estimate of drug-likeness (QED) is 0.780. The Morgan fingerprint density at radius 2 is 1.91 bits per heavy atom. The Bertz CT molecular complexity index is 636. The molecule has 2 aromatic carbocycles. The van der Waals surface area contributed by atoms with Gasteiger partial charge in [-0.25, -0.2) is 0 Å². The highest BCUT2D eigenvalue weighted by Crippen LogP contribution is 2.21. The number of nitrogens with one attached hydrogen (secondary N) is 2. The van der Waals surface area contributed by atoms with E-state index in [4.69, 9.17) is 17.0 Å². The number of hydrogen-bond acceptors (Lipinski definition) is 3. The van der Waals surface area contributed by atoms with E-state index in [1.165, 1.54) is 0 Å². The van der Waals surface area contributed by atoms with E-state index >= 15 is 0 Å². The van der Waals surface area contributed by atoms with Crippen molar-refractivity contribution in [1.82, 2.24) is 10.4 Å². The van der Waals surface area contributed by atoms with Crippen LogP contribution in [-0.2, 0) is 4.74 Å². The summed E-state index contributed by atoms with van der Waals surface area (Å²) in [7, 11) is 0. The van der Waals surface area contributed by atoms with E-state index in [0.29, 0.717) is 18.3 Å². The molecule has 0 aromatic heterocycles. The van der Waals surface area contributed by atoms with Crippen LogP contribution in [0.3, 0.4) is 0 Å². The molecule has 0 saturated carbocycles. The van der Waals surface area contributed by atoms with Gasteiger partial charge in [0.05, 0.1) is 13.2 Å². The molecular weight excluding hydrogens is 362 g/mol. The number of hydrazine groups is 1. The van der Waals surface area contributed by atoms with E-state index in [1.807, 2.05) is 59.6 Å². The highest BCUT2D eigenvalue weighted by atomic mass is 79.9. The van der Waals surface area contributed by atoms with E-state index < -0.39 is 0 Å². The lowest BCUT2D eigenvalue weighted by Crippen LogP contribution is -2.52. The fourth-order valence-corrected chi connectivity index (χ4v) is 2.71. The Labute approximate surface area is 143 Å². The monoisotopic (exact) mass is 377 g/mol. The van der Waals surface area contributed by atoms with Gasteiger partial charge < -0.3 is 10.1 Å². The molecule has 114 valence electrons. The van der Waals surface area contributed by atoms with Crippen molar-refractivity contribution >= 4 is 38.9 Å². The molecule has 0 unspecified atom stereocenters. The van der Waals surface area contributed by atoms with Crippen molar-refractivity contribution < 1.29 is 4.74 Å². The van der Waals surface area contributed by atoms with E-state index in [-0.39, 0.29) is 6.23 Å². The maximum Gasteiger partial charge on any atom is 0.188 e. The van der Waals surface area contributed by atoms with Gasteiger partial charge in [-0.2, -0.15) is 5.43 Å². The Morgan fingerprint density at radius 3 is 2.64 bits per heavy atom. The minimum atomic E-state index is -0.197. The Morgan fingerprint density at radius 1 is 1.18 bits per heavy atom. The normalized spacial score (nSPS) is 18.0. The fraction of sp³-hybridized carbons (Fsp3) is 0.188. The van der Waals surface area contributed by atoms with Crippen LogP contribution in [-0.4, -0.2) is 23.3 Å². The summed E-state index contributed by atoms with van der Waals surface area (Å²) in [5, 5.41) is 5.78. The molecular formula is C16H16BrN3OS. The molecule has 1 aliphatic heterocycles. The van der Waals surface area contributed by atoms with Gasteiger partial charge in [-0.05, 0) is 42.0 Å². The van der Waals surface area contributed by atoms with Gasteiger partial charge in [-0.3, -0.25) is 5.01 Å². The third-order valence-electron chi connectivity index (χ3n) is 3.32. The maximum atomic E-state index is 5.78. The number of rotatable bonds is 2. The van der Waals surface area contributed by atoms with E-state index in [2.05, 4.69) is 26.7 Å². The molecule has 1 aliphatic rings. The van der Waals surface area contributed by atoms with Gasteiger partial charge in [-0.15, -0.1) is 0 Å². The first kappa shape index (κ1) is 15.4. The number of ether oxygens (including phenoxy) is 1. The molecule has 22 heavy (non-hydrogen) atoms. The standard InChI is InChI=1S/C16H16BrN3OS/c17-13-8-6-12(7-9-13)15-19-20(10-11-21-15)16(22)18-14-4-2-1-3-5-14/h1-9,15,19H,10-11H2,(H,18,22)/t15-/m1/s1. The molecule has 4 nitrogen and oxygen atoms in total. The van der Waals surface area contributed by atoms with E-state index in [0.717, 1.165) is 15.7 Å². The molecule has 2 aromatic rings. The Kier molecular flexibility index (Phi) is 5.04. The summed E-state index contributed by atoms with van der Waals surface area (Å²) >= 11 is 8.91. The van der Waals surface area contributed by atoms with Crippen LogP contribution in [0, 0.1) is 0 Å². The van der Waals surface area contributed by atoms with Crippen molar-refractivity contribution in [3.05, 3.63) is 64.6 Å². The summed E-state index contributed by atoms with van der Waals surface area (Å²) in [4.78, 5) is 0. The average molecular weight is 378 g/mol. The van der Waals surface area contributed by atoms with Gasteiger partial charge in [0.1, 0.15) is 0 Å². The maximum absolute atomic E-state index is 5.78. The number of thiocarbonyl (C=S) groups is 1. The molecule has 0 amide bonds. The van der Waals surface area contributed by atoms with Crippen LogP contribution >= 0.6 is 28.1 Å². The molecule has 0 spiro atoms. The Balaban J connectivity index is 1.65. The summed E-state index contributed by atoms with van der Waals surface area (Å²) in [5.41, 5.74) is 5.34. The van der Waals surface area contributed by atoms with Gasteiger partial charge in [-0.1, -0.05) is 46.3 Å². The van der Waals surface area contributed by atoms with Crippen molar-refractivity contribution in [3.8, 4) is 0 Å². The van der Waals surface area contributed by atoms with Crippen LogP contribution in [0.4, 0.5) is 5.69 Å². The smallest absolute Gasteiger partial charge is 0.188 e. The molecule has 1 saturated heterocycles. The van der Waals surface area contributed by atoms with Crippen molar-refractivity contribution in [2.75, 3.05) is 18.5 Å². The third kappa shape index (κ3) is 3.84. The zero-order valence-corrected chi connectivity index (χ0v) is 14.2. The summed E-state index contributed by atoms with van der Waals surface area (Å²) in [6, 6.07) is 17.9. The van der Waals surface area contributed by atoms with Crippen LogP contribution in [0.15, 0.2) is 59.1 Å². The third-order valence-corrected chi connectivity index (χ3v) is 4.17. The lowest BCUT2D eigenvalue weighted by atomic mass is 10.2. The van der Waals surface area contributed by atoms with Gasteiger partial charge >= 0.3 is 0 Å². The topological polar surface area (TPSA) is 36.5 Å². The van der Waals surface area contributed by atoms with E-state index in [1.54, 1.807) is 0 Å². The molecule has 2 N–H and O–H groups in total. The van der Waals surface area contributed by atoms with E-state index in [9.17, 15) is 0 Å². The number of hydrogen-bond donors (Lipinski definition) is 2. The summed E-state index contributed by atoms with van der Waals surface area (Å²) in [6.45, 7) is 1.32. The number of nitrogens with zero attached hydrogens (tertiary/aromatic N) is 1. The second-order valence-electron chi connectivity index (χ2n) is 4.88. The first-order valence-electron chi connectivity index (χ1n) is 6.99. The largest absolute Gasteiger partial charge is 0.356 e. The van der Waals surface area contributed by atoms with Crippen molar-refractivity contribution in [1.29, 1.82) is 0 Å². The fourth-order valence-electron chi connectivity index (χ4n) is 2.19. The molecule has 0 aliphatic carbocycles. The van der Waals surface area contributed by atoms with Gasteiger partial charge in [0.15, 0.2) is 11.3 Å². The summed E-state index contributed by atoms with van der Waals surface area (Å²) in [5.74, 6) is 0. The number of halogens is 1. The molecule has 6 heteroatoms. The number of para-hydroxylation sites is 1. The second-order valence-corrected chi connectivity index (χ2v) is 6.18. The van der Waals surface area contributed by atoms with Gasteiger partial charge in [0.25, 0.3) is 0 Å². The summed E-state index contributed by atoms with van der Waals surface area (Å²) < 4.78 is 6.83. The zero-order chi connectivity index (χ0) is 15.4. The molecule has 1 fully saturated rings. The minimum absolute atomic E-state index is 0.197. The lowest BCUT2D eigenvalue weighted by Gasteiger charge is -2.35. The van der Waals surface area contributed by atoms with Crippen molar-refractivity contribution in [2.24, 2.45) is 0 Å². The van der Waals surface area contributed by atoms with Crippen LogP contribution in [0.1, 0.15) is 11.8 Å². The van der Waals surface area contributed by atoms with Gasteiger partial charge in [0.2, 0.25) is 0 Å². The molecule has 1 atom stereocenters. The molecule has 1 heterocycles. The molecule has 0 radical (unpaired) electrons. The van der Waals surface area contributed by atoms with Crippen LogP contribution in [0.5, 0.6) is 0 Å². The predicted molar refractivity (Wildman–Crippen MR) is 95.3 cm³/mol. The first-order chi connectivity index (χ1) is 10.7. The van der Waals surface area contributed by atoms with Crippen LogP contribution in [0.2, 0.25) is 0 Å². The average Bonchev–Trinajstić information content (AvgIpc) is 2.56. The zero-order valence-electron chi connectivity index (χ0n) is 11.8. The van der Waals surface area contributed by atoms with Crippen molar-refractivity contribution in [3.63, 3.8) is 0 Å². The minimum Gasteiger partial charge on any atom is -0.356 e. The van der Waals surface area contributed by atoms with Crippen molar-refractivity contribution in [2.45, 2.75) is 6.23 Å². The predicted octanol–water partition coefficient (Wildman–Crippen LogP) is 3.68. The second kappa shape index (κ2) is 7.19. The molecule has 3 rings (SSSR count). The SMILES string of the molecule is S=C(Nc1ccccc1)N1CCO[C@H](c2ccc(Br)cc2)N1. The highest BCUT2D eigenvalue weighted by molar-refractivity contribution is 9.10. The van der Waals surface area contributed by atoms with Crippen LogP contribution < -0.4 is 10.7 Å². The number of anilines is 1. The number of benzene rings is 2. The van der Waals surface area contributed by atoms with Crippen LogP contribution in [0.25, 0.3) is 0 Å². The van der Waals surface area contributed by atoms with Gasteiger partial charge in [0, 0.05) is 10.2 Å². The lowest BCUT2D eigenvalue weighted by molar-refractivity contribution is -0.0582. The summed E-state index contributed by atoms with van der Waals surface area (Å²) in [6.07, 6.45) is -0.197. The highest BCUT2D eigenvalue weighted by Gasteiger charge is 2.22. The molecule has 0 bridgehead atoms. The Hall–Kier alpha value is -1.47.